The number of pyridine rings is 1. The van der Waals surface area contributed by atoms with Crippen molar-refractivity contribution in [2.24, 2.45) is 0 Å². The molecule has 40 heavy (non-hydrogen) atoms. The van der Waals surface area contributed by atoms with E-state index in [-0.39, 0.29) is 11.0 Å². The zero-order chi connectivity index (χ0) is 26.2. The van der Waals surface area contributed by atoms with Gasteiger partial charge < -0.3 is 0 Å². The van der Waals surface area contributed by atoms with Gasteiger partial charge in [0.05, 0.1) is 16.4 Å². The average molecular weight is 510 g/mol. The lowest BCUT2D eigenvalue weighted by Crippen LogP contribution is -2.27. The molecule has 0 amide bonds. The van der Waals surface area contributed by atoms with E-state index in [0.717, 1.165) is 50.8 Å². The quantitative estimate of drug-likeness (QED) is 0.188. The van der Waals surface area contributed by atoms with Crippen LogP contribution in [0, 0.1) is 0 Å². The van der Waals surface area contributed by atoms with Crippen LogP contribution in [-0.2, 0) is 5.41 Å². The summed E-state index contributed by atoms with van der Waals surface area (Å²) in [7, 11) is 0. The highest BCUT2D eigenvalue weighted by Crippen LogP contribution is 2.64. The first kappa shape index (κ1) is 20.9. The summed E-state index contributed by atoms with van der Waals surface area (Å²) in [5.41, 5.74) is 12.5. The second-order valence-electron chi connectivity index (χ2n) is 11.4. The van der Waals surface area contributed by atoms with E-state index in [1.807, 2.05) is 22.6 Å². The van der Waals surface area contributed by atoms with Gasteiger partial charge in [0.15, 0.2) is 0 Å². The van der Waals surface area contributed by atoms with Gasteiger partial charge in [-0.05, 0) is 63.3 Å². The van der Waals surface area contributed by atoms with Crippen molar-refractivity contribution in [2.75, 3.05) is 0 Å². The second-order valence-corrected chi connectivity index (χ2v) is 11.4. The molecule has 0 saturated carbocycles. The van der Waals surface area contributed by atoms with Crippen LogP contribution in [-0.4, -0.2) is 4.40 Å². The minimum atomic E-state index is -0.341. The summed E-state index contributed by atoms with van der Waals surface area (Å²) < 4.78 is 2.04. The van der Waals surface area contributed by atoms with Gasteiger partial charge in [0.1, 0.15) is 0 Å². The van der Waals surface area contributed by atoms with Crippen molar-refractivity contribution < 1.29 is 0 Å². The molecule has 1 atom stereocenters. The number of hydrogen-bond donors (Lipinski definition) is 0. The van der Waals surface area contributed by atoms with Gasteiger partial charge in [-0.15, -0.1) is 0 Å². The first-order valence-corrected chi connectivity index (χ1v) is 14.1. The lowest BCUT2D eigenvalue weighted by Gasteiger charge is -2.33. The van der Waals surface area contributed by atoms with E-state index in [2.05, 4.69) is 97.1 Å². The second kappa shape index (κ2) is 6.97. The maximum absolute atomic E-state index is 14.4. The first-order chi connectivity index (χ1) is 19.8. The Hall–Kier alpha value is -4.95. The van der Waals surface area contributed by atoms with Gasteiger partial charge in [0.2, 0.25) is 0 Å². The summed E-state index contributed by atoms with van der Waals surface area (Å²) >= 11 is 0. The Morgan fingerprint density at radius 2 is 1.23 bits per heavy atom. The maximum atomic E-state index is 14.4. The smallest absolute Gasteiger partial charge is 0.263 e. The molecule has 0 fully saturated rings. The SMILES string of the molecule is O=c1c2ccccc2c2cccc3c4ccc5c(c4n1c23)-c1ccccc1C51C2=C(C=CCC2)c2ccccc21. The average Bonchev–Trinajstić information content (AvgIpc) is 3.62. The minimum absolute atomic E-state index is 0.0634. The van der Waals surface area contributed by atoms with Gasteiger partial charge in [-0.25, -0.2) is 0 Å². The van der Waals surface area contributed by atoms with Crippen LogP contribution >= 0.6 is 0 Å². The number of aromatic nitrogens is 1. The summed E-state index contributed by atoms with van der Waals surface area (Å²) in [4.78, 5) is 14.4. The molecule has 2 heterocycles. The van der Waals surface area contributed by atoms with Gasteiger partial charge in [-0.1, -0.05) is 109 Å². The molecule has 0 bridgehead atoms. The van der Waals surface area contributed by atoms with E-state index in [1.54, 1.807) is 0 Å². The van der Waals surface area contributed by atoms with Crippen LogP contribution < -0.4 is 5.56 Å². The van der Waals surface area contributed by atoms with Crippen LogP contribution in [0.4, 0.5) is 0 Å². The van der Waals surface area contributed by atoms with Crippen molar-refractivity contribution in [1.82, 2.24) is 4.40 Å². The molecule has 186 valence electrons. The monoisotopic (exact) mass is 509 g/mol. The van der Waals surface area contributed by atoms with Crippen molar-refractivity contribution in [1.29, 1.82) is 0 Å². The van der Waals surface area contributed by atoms with Crippen molar-refractivity contribution >= 4 is 43.5 Å². The molecule has 1 unspecified atom stereocenters. The van der Waals surface area contributed by atoms with Gasteiger partial charge in [-0.3, -0.25) is 9.20 Å². The number of benzene rings is 5. The molecule has 1 spiro atoms. The van der Waals surface area contributed by atoms with Crippen LogP contribution in [0.3, 0.4) is 0 Å². The lowest BCUT2D eigenvalue weighted by molar-refractivity contribution is 0.714. The third-order valence-electron chi connectivity index (χ3n) is 9.85. The van der Waals surface area contributed by atoms with E-state index in [1.165, 1.54) is 44.5 Å². The predicted octanol–water partition coefficient (Wildman–Crippen LogP) is 8.63. The minimum Gasteiger partial charge on any atom is -0.274 e. The maximum Gasteiger partial charge on any atom is 0.263 e. The van der Waals surface area contributed by atoms with Crippen molar-refractivity contribution in [3.8, 4) is 11.1 Å². The number of rotatable bonds is 0. The highest BCUT2D eigenvalue weighted by Gasteiger charge is 2.53. The zero-order valence-electron chi connectivity index (χ0n) is 21.7. The van der Waals surface area contributed by atoms with Crippen LogP contribution in [0.15, 0.2) is 126 Å². The number of para-hydroxylation sites is 1. The first-order valence-electron chi connectivity index (χ1n) is 14.1. The molecular weight excluding hydrogens is 486 g/mol. The third-order valence-corrected chi connectivity index (χ3v) is 9.85. The van der Waals surface area contributed by atoms with Crippen molar-refractivity contribution in [3.05, 3.63) is 153 Å². The standard InChI is InChI=1S/C38H23NO/c40-37-28-13-2-1-10-22(28)25-15-9-16-26-27-20-21-33-34(36(27)39(37)35(25)26)29-14-5-8-19-32(29)38(33)30-17-6-3-11-23(30)24-12-4-7-18-31(24)38/h1-6,8-17,19-21H,7,18H2. The Morgan fingerprint density at radius 3 is 2.08 bits per heavy atom. The van der Waals surface area contributed by atoms with E-state index < -0.39 is 0 Å². The lowest BCUT2D eigenvalue weighted by atomic mass is 9.68. The summed E-state index contributed by atoms with van der Waals surface area (Å²) in [6.45, 7) is 0. The molecule has 0 saturated heterocycles. The number of fused-ring (bicyclic) bond motifs is 15. The molecule has 3 aliphatic carbocycles. The highest BCUT2D eigenvalue weighted by atomic mass is 16.1. The summed E-state index contributed by atoms with van der Waals surface area (Å²) in [6, 6.07) is 37.1. The van der Waals surface area contributed by atoms with Crippen LogP contribution in [0.25, 0.3) is 54.7 Å². The van der Waals surface area contributed by atoms with Crippen LogP contribution in [0.5, 0.6) is 0 Å². The van der Waals surface area contributed by atoms with E-state index in [4.69, 9.17) is 0 Å². The van der Waals surface area contributed by atoms with E-state index in [0.29, 0.717) is 0 Å². The van der Waals surface area contributed by atoms with Gasteiger partial charge >= 0.3 is 0 Å². The Morgan fingerprint density at radius 1 is 0.575 bits per heavy atom. The fraction of sp³-hybridized carbons (Fsp3) is 0.0789. The topological polar surface area (TPSA) is 21.5 Å². The van der Waals surface area contributed by atoms with Crippen LogP contribution in [0.1, 0.15) is 35.1 Å². The normalized spacial score (nSPS) is 18.8. The number of hydrogen-bond acceptors (Lipinski definition) is 1. The fourth-order valence-electron chi connectivity index (χ4n) is 8.49. The molecule has 0 radical (unpaired) electrons. The molecule has 2 aromatic heterocycles. The molecular formula is C38H23NO. The highest BCUT2D eigenvalue weighted by molar-refractivity contribution is 6.23. The Labute approximate surface area is 230 Å². The molecule has 0 N–H and O–H groups in total. The number of nitrogens with zero attached hydrogens (tertiary/aromatic N) is 1. The Kier molecular flexibility index (Phi) is 3.65. The van der Waals surface area contributed by atoms with E-state index in [9.17, 15) is 4.79 Å². The summed E-state index contributed by atoms with van der Waals surface area (Å²) in [6.07, 6.45) is 6.74. The molecule has 2 heteroatoms. The summed E-state index contributed by atoms with van der Waals surface area (Å²) in [5.74, 6) is 0. The Bertz CT molecular complexity index is 2400. The van der Waals surface area contributed by atoms with E-state index >= 15 is 0 Å². The number of allylic oxidation sites excluding steroid dienone is 4. The van der Waals surface area contributed by atoms with Crippen molar-refractivity contribution in [3.63, 3.8) is 0 Å². The van der Waals surface area contributed by atoms with Gasteiger partial charge in [-0.2, -0.15) is 0 Å². The largest absolute Gasteiger partial charge is 0.274 e. The molecule has 5 aromatic carbocycles. The fourth-order valence-corrected chi connectivity index (χ4v) is 8.49. The summed E-state index contributed by atoms with van der Waals surface area (Å²) in [5, 5.41) is 5.21. The molecule has 7 aromatic rings. The predicted molar refractivity (Wildman–Crippen MR) is 164 cm³/mol. The molecule has 0 aliphatic heterocycles. The molecule has 2 nitrogen and oxygen atoms in total. The Balaban J connectivity index is 1.49. The zero-order valence-corrected chi connectivity index (χ0v) is 21.7. The third kappa shape index (κ3) is 2.14. The van der Waals surface area contributed by atoms with Crippen molar-refractivity contribution in [2.45, 2.75) is 18.3 Å². The molecule has 3 aliphatic rings. The molecule has 10 rings (SSSR count). The van der Waals surface area contributed by atoms with Crippen LogP contribution in [0.2, 0.25) is 0 Å². The van der Waals surface area contributed by atoms with Gasteiger partial charge in [0.25, 0.3) is 5.56 Å². The van der Waals surface area contributed by atoms with Gasteiger partial charge in [0, 0.05) is 27.1 Å².